The first kappa shape index (κ1) is 17.6. The van der Waals surface area contributed by atoms with Crippen LogP contribution in [0.25, 0.3) is 0 Å². The molecule has 0 aromatic rings. The van der Waals surface area contributed by atoms with Gasteiger partial charge in [0, 0.05) is 5.57 Å². The van der Waals surface area contributed by atoms with Gasteiger partial charge in [-0.3, -0.25) is 0 Å². The quantitative estimate of drug-likeness (QED) is 0.480. The lowest BCUT2D eigenvalue weighted by molar-refractivity contribution is -0.140. The normalized spacial score (nSPS) is 38.0. The van der Waals surface area contributed by atoms with Crippen LogP contribution in [0.1, 0.15) is 73.6 Å². The number of cyclic esters (lactones) is 1. The van der Waals surface area contributed by atoms with Gasteiger partial charge < -0.3 is 4.74 Å². The van der Waals surface area contributed by atoms with E-state index in [1.807, 2.05) is 0 Å². The van der Waals surface area contributed by atoms with Crippen LogP contribution in [0.4, 0.5) is 0 Å². The summed E-state index contributed by atoms with van der Waals surface area (Å²) < 4.78 is 5.56. The Labute approximate surface area is 136 Å². The molecule has 0 radical (unpaired) electrons. The van der Waals surface area contributed by atoms with Crippen molar-refractivity contribution in [1.29, 1.82) is 0 Å². The van der Waals surface area contributed by atoms with Gasteiger partial charge >= 0.3 is 5.97 Å². The summed E-state index contributed by atoms with van der Waals surface area (Å²) in [6.45, 7) is 14.4. The van der Waals surface area contributed by atoms with E-state index in [1.165, 1.54) is 25.7 Å². The molecule has 2 rings (SSSR count). The first-order chi connectivity index (χ1) is 10.2. The van der Waals surface area contributed by atoms with Gasteiger partial charge in [0.15, 0.2) is 0 Å². The summed E-state index contributed by atoms with van der Waals surface area (Å²) in [4.78, 5) is 12.6. The molecule has 1 saturated heterocycles. The molecule has 0 aromatic carbocycles. The van der Waals surface area contributed by atoms with Gasteiger partial charge in [-0.25, -0.2) is 4.79 Å². The molecular weight excluding hydrogens is 272 g/mol. The second kappa shape index (κ2) is 6.37. The number of hydrogen-bond acceptors (Lipinski definition) is 2. The van der Waals surface area contributed by atoms with E-state index in [0.29, 0.717) is 23.9 Å². The SMILES string of the molecule is CC(C)/C=C1\C(=O)OCCC[C@@H]2C(C)(C)CCC[C@@]2(C)[C@H]1C. The molecular formula is C20H34O2. The molecule has 0 spiro atoms. The molecule has 1 heterocycles. The highest BCUT2D eigenvalue weighted by atomic mass is 16.5. The zero-order valence-corrected chi connectivity index (χ0v) is 15.4. The van der Waals surface area contributed by atoms with Crippen LogP contribution in [0.5, 0.6) is 0 Å². The molecule has 0 amide bonds. The highest BCUT2D eigenvalue weighted by molar-refractivity contribution is 5.89. The molecule has 1 saturated carbocycles. The number of allylic oxidation sites excluding steroid dienone is 1. The summed E-state index contributed by atoms with van der Waals surface area (Å²) in [5.41, 5.74) is 1.48. The van der Waals surface area contributed by atoms with Gasteiger partial charge in [0.25, 0.3) is 0 Å². The van der Waals surface area contributed by atoms with Gasteiger partial charge in [-0.2, -0.15) is 0 Å². The standard InChI is InChI=1S/C20H34O2/c1-14(2)13-16-15(3)20(6)11-8-10-19(4,5)17(20)9-7-12-22-18(16)21/h13-15,17H,7-12H2,1-6H3/b16-13-/t15-,17+,20-/m0/s1. The predicted octanol–water partition coefficient (Wildman–Crippen LogP) is 5.37. The van der Waals surface area contributed by atoms with Crippen molar-refractivity contribution in [3.63, 3.8) is 0 Å². The van der Waals surface area contributed by atoms with Crippen molar-refractivity contribution in [1.82, 2.24) is 0 Å². The predicted molar refractivity (Wildman–Crippen MR) is 91.5 cm³/mol. The van der Waals surface area contributed by atoms with Crippen molar-refractivity contribution >= 4 is 5.97 Å². The molecule has 1 aliphatic carbocycles. The molecule has 0 bridgehead atoms. The minimum absolute atomic E-state index is 0.0774. The second-order valence-electron chi connectivity index (χ2n) is 8.77. The van der Waals surface area contributed by atoms with E-state index in [0.717, 1.165) is 12.0 Å². The van der Waals surface area contributed by atoms with Crippen LogP contribution in [0.15, 0.2) is 11.6 Å². The fourth-order valence-electron chi connectivity index (χ4n) is 5.04. The highest BCUT2D eigenvalue weighted by Crippen LogP contribution is 2.58. The molecule has 2 fully saturated rings. The van der Waals surface area contributed by atoms with Gasteiger partial charge in [-0.1, -0.05) is 54.0 Å². The lowest BCUT2D eigenvalue weighted by Crippen LogP contribution is -2.46. The number of esters is 1. The van der Waals surface area contributed by atoms with E-state index >= 15 is 0 Å². The third-order valence-electron chi connectivity index (χ3n) is 6.35. The minimum atomic E-state index is -0.0774. The van der Waals surface area contributed by atoms with E-state index < -0.39 is 0 Å². The summed E-state index contributed by atoms with van der Waals surface area (Å²) in [6, 6.07) is 0. The maximum Gasteiger partial charge on any atom is 0.333 e. The molecule has 1 aliphatic heterocycles. The van der Waals surface area contributed by atoms with E-state index in [9.17, 15) is 4.79 Å². The van der Waals surface area contributed by atoms with E-state index in [4.69, 9.17) is 4.74 Å². The fourth-order valence-corrected chi connectivity index (χ4v) is 5.04. The summed E-state index contributed by atoms with van der Waals surface area (Å²) in [7, 11) is 0. The molecule has 0 aromatic heterocycles. The number of hydrogen-bond donors (Lipinski definition) is 0. The van der Waals surface area contributed by atoms with Crippen LogP contribution in [0, 0.1) is 28.6 Å². The topological polar surface area (TPSA) is 26.3 Å². The van der Waals surface area contributed by atoms with Crippen molar-refractivity contribution in [3.8, 4) is 0 Å². The molecule has 22 heavy (non-hydrogen) atoms. The molecule has 2 nitrogen and oxygen atoms in total. The highest BCUT2D eigenvalue weighted by Gasteiger charge is 2.50. The monoisotopic (exact) mass is 306 g/mol. The molecule has 126 valence electrons. The van der Waals surface area contributed by atoms with Crippen LogP contribution >= 0.6 is 0 Å². The van der Waals surface area contributed by atoms with Gasteiger partial charge in [-0.15, -0.1) is 0 Å². The third kappa shape index (κ3) is 3.26. The lowest BCUT2D eigenvalue weighted by atomic mass is 9.51. The number of carbonyl (C=O) groups is 1. The van der Waals surface area contributed by atoms with Crippen LogP contribution in [-0.2, 0) is 9.53 Å². The van der Waals surface area contributed by atoms with Crippen LogP contribution in [0.3, 0.4) is 0 Å². The molecule has 3 atom stereocenters. The van der Waals surface area contributed by atoms with Crippen molar-refractivity contribution < 1.29 is 9.53 Å². The average Bonchev–Trinajstić information content (AvgIpc) is 2.44. The Kier molecular flexibility index (Phi) is 5.09. The van der Waals surface area contributed by atoms with Crippen molar-refractivity contribution in [2.45, 2.75) is 73.6 Å². The second-order valence-corrected chi connectivity index (χ2v) is 8.77. The van der Waals surface area contributed by atoms with Gasteiger partial charge in [-0.05, 0) is 54.3 Å². The van der Waals surface area contributed by atoms with E-state index in [-0.39, 0.29) is 17.3 Å². The molecule has 2 aliphatic rings. The fraction of sp³-hybridized carbons (Fsp3) is 0.850. The molecule has 2 heteroatoms. The molecule has 0 unspecified atom stereocenters. The van der Waals surface area contributed by atoms with Crippen LogP contribution < -0.4 is 0 Å². The Hall–Kier alpha value is -0.790. The van der Waals surface area contributed by atoms with Crippen molar-refractivity contribution in [2.24, 2.45) is 28.6 Å². The van der Waals surface area contributed by atoms with Crippen LogP contribution in [0.2, 0.25) is 0 Å². The van der Waals surface area contributed by atoms with Crippen LogP contribution in [-0.4, -0.2) is 12.6 Å². The minimum Gasteiger partial charge on any atom is -0.462 e. The zero-order chi connectivity index (χ0) is 16.5. The molecule has 0 N–H and O–H groups in total. The maximum absolute atomic E-state index is 12.6. The number of ether oxygens (including phenoxy) is 1. The van der Waals surface area contributed by atoms with Crippen molar-refractivity contribution in [3.05, 3.63) is 11.6 Å². The van der Waals surface area contributed by atoms with Gasteiger partial charge in [0.1, 0.15) is 0 Å². The Balaban J connectivity index is 2.47. The smallest absolute Gasteiger partial charge is 0.333 e. The Morgan fingerprint density at radius 1 is 1.18 bits per heavy atom. The van der Waals surface area contributed by atoms with Crippen molar-refractivity contribution in [2.75, 3.05) is 6.61 Å². The van der Waals surface area contributed by atoms with E-state index in [2.05, 4.69) is 47.6 Å². The zero-order valence-electron chi connectivity index (χ0n) is 15.4. The summed E-state index contributed by atoms with van der Waals surface area (Å²) in [5, 5.41) is 0. The summed E-state index contributed by atoms with van der Waals surface area (Å²) >= 11 is 0. The first-order valence-electron chi connectivity index (χ1n) is 9.07. The number of carbonyl (C=O) groups excluding carboxylic acids is 1. The van der Waals surface area contributed by atoms with Gasteiger partial charge in [0.2, 0.25) is 0 Å². The number of fused-ring (bicyclic) bond motifs is 1. The summed E-state index contributed by atoms with van der Waals surface area (Å²) in [5.74, 6) is 1.23. The first-order valence-corrected chi connectivity index (χ1v) is 9.07. The van der Waals surface area contributed by atoms with E-state index in [1.54, 1.807) is 0 Å². The Morgan fingerprint density at radius 3 is 2.50 bits per heavy atom. The number of rotatable bonds is 1. The summed E-state index contributed by atoms with van der Waals surface area (Å²) in [6.07, 6.45) is 8.12. The average molecular weight is 306 g/mol. The van der Waals surface area contributed by atoms with Gasteiger partial charge in [0.05, 0.1) is 6.61 Å². The Morgan fingerprint density at radius 2 is 1.86 bits per heavy atom. The lowest BCUT2D eigenvalue weighted by Gasteiger charge is -2.54. The largest absolute Gasteiger partial charge is 0.462 e. The Bertz CT molecular complexity index is 447. The third-order valence-corrected chi connectivity index (χ3v) is 6.35. The maximum atomic E-state index is 12.6.